The van der Waals surface area contributed by atoms with Gasteiger partial charge in [-0.15, -0.1) is 0 Å². The van der Waals surface area contributed by atoms with Crippen molar-refractivity contribution < 1.29 is 58.2 Å². The van der Waals surface area contributed by atoms with E-state index in [1.54, 1.807) is 36.6 Å². The Hall–Kier alpha value is -6.50. The molecule has 1 aromatic rings. The Bertz CT molecular complexity index is 1940. The van der Waals surface area contributed by atoms with Crippen LogP contribution in [0.3, 0.4) is 0 Å². The summed E-state index contributed by atoms with van der Waals surface area (Å²) in [5.74, 6) is -9.86. The lowest BCUT2D eigenvalue weighted by Gasteiger charge is -2.27. The molecular formula is C43H68N12O12S. The highest BCUT2D eigenvalue weighted by Gasteiger charge is 2.35. The lowest BCUT2D eigenvalue weighted by Crippen LogP contribution is -2.60. The molecule has 68 heavy (non-hydrogen) atoms. The molecule has 2 rings (SSSR count). The predicted octanol–water partition coefficient (Wildman–Crippen LogP) is -2.93. The van der Waals surface area contributed by atoms with Gasteiger partial charge in [-0.3, -0.25) is 48.1 Å². The second-order valence-corrected chi connectivity index (χ2v) is 17.7. The number of carbonyl (C=O) groups is 10. The van der Waals surface area contributed by atoms with Crippen LogP contribution in [0.4, 0.5) is 0 Å². The first-order valence-electron chi connectivity index (χ1n) is 22.3. The first-order chi connectivity index (χ1) is 32.1. The number of carboxylic acids is 2. The number of hydrogen-bond donors (Lipinski definition) is 13. The lowest BCUT2D eigenvalue weighted by molar-refractivity contribution is -0.143. The summed E-state index contributed by atoms with van der Waals surface area (Å²) in [7, 11) is 0. The van der Waals surface area contributed by atoms with Crippen LogP contribution in [0, 0.1) is 5.92 Å². The van der Waals surface area contributed by atoms with Gasteiger partial charge in [0.25, 0.3) is 0 Å². The smallest absolute Gasteiger partial charge is 0.326 e. The summed E-state index contributed by atoms with van der Waals surface area (Å²) in [4.78, 5) is 137. The second kappa shape index (κ2) is 30.0. The number of rotatable bonds is 20. The van der Waals surface area contributed by atoms with Crippen LogP contribution >= 0.6 is 11.8 Å². The van der Waals surface area contributed by atoms with E-state index in [0.717, 1.165) is 0 Å². The molecule has 0 aliphatic carbocycles. The molecule has 0 bridgehead atoms. The van der Waals surface area contributed by atoms with Crippen LogP contribution in [0.1, 0.15) is 84.1 Å². The van der Waals surface area contributed by atoms with Crippen molar-refractivity contribution in [3.8, 4) is 0 Å². The third kappa shape index (κ3) is 21.9. The van der Waals surface area contributed by atoms with Gasteiger partial charge in [0.1, 0.15) is 42.3 Å². The Kier molecular flexibility index (Phi) is 25.4. The molecule has 0 saturated carbocycles. The molecule has 24 nitrogen and oxygen atoms in total. The molecule has 1 saturated heterocycles. The van der Waals surface area contributed by atoms with E-state index in [-0.39, 0.29) is 69.9 Å². The monoisotopic (exact) mass is 976 g/mol. The topological polar surface area (TPSA) is 398 Å². The van der Waals surface area contributed by atoms with Gasteiger partial charge in [0.05, 0.1) is 18.9 Å². The number of carbonyl (C=O) groups excluding carboxylic acids is 8. The molecular weight excluding hydrogens is 909 g/mol. The lowest BCUT2D eigenvalue weighted by atomic mass is 10.0. The van der Waals surface area contributed by atoms with Gasteiger partial charge in [0.15, 0.2) is 5.96 Å². The highest BCUT2D eigenvalue weighted by atomic mass is 32.2. The minimum Gasteiger partial charge on any atom is -0.481 e. The summed E-state index contributed by atoms with van der Waals surface area (Å²) in [6, 6.07) is -3.01. The number of aliphatic imine (C=N–C) groups is 1. The fraction of sp³-hybridized carbons (Fsp3) is 0.605. The molecule has 378 valence electrons. The zero-order chi connectivity index (χ0) is 50.9. The molecule has 0 unspecified atom stereocenters. The standard InChI is InChI=1S/C43H68N12O12S/c1-23(2)19-26(44)36(60)50-28(14-10-17-48-43(45)46)39(63)51-27-13-8-9-16-47-33(56)21-30(40(64)55-32(42(66)67)20-25-11-6-5-7-12-25)54-41(65)31(22-34(57)58)53-35(59)24(3)49-37(61)29(15-18-68-4)52-38(27)62/h5-7,11-12,23-24,26-32H,8-10,13-22,44H2,1-4H3,(H,47,56)(H,49,61)(H,50,60)(H,51,63)(H,52,62)(H,53,59)(H,54,65)(H,55,64)(H,57,58)(H,66,67)(H4,45,46,48)/t24-,26-,27-,28-,29-,30-,31-,32-/m0/s1. The van der Waals surface area contributed by atoms with Crippen LogP contribution < -0.4 is 59.7 Å². The third-order valence-corrected chi connectivity index (χ3v) is 11.1. The molecule has 0 radical (unpaired) electrons. The number of nitrogens with zero attached hydrogens (tertiary/aromatic N) is 1. The highest BCUT2D eigenvalue weighted by molar-refractivity contribution is 7.98. The van der Waals surface area contributed by atoms with Gasteiger partial charge in [-0.05, 0) is 75.4 Å². The highest BCUT2D eigenvalue weighted by Crippen LogP contribution is 2.11. The normalized spacial score (nSPS) is 21.4. The van der Waals surface area contributed by atoms with Crippen molar-refractivity contribution in [1.82, 2.24) is 42.5 Å². The van der Waals surface area contributed by atoms with E-state index in [0.29, 0.717) is 17.7 Å². The summed E-state index contributed by atoms with van der Waals surface area (Å²) >= 11 is 1.35. The zero-order valence-electron chi connectivity index (χ0n) is 38.8. The maximum Gasteiger partial charge on any atom is 0.326 e. The Morgan fingerprint density at radius 2 is 1.51 bits per heavy atom. The zero-order valence-corrected chi connectivity index (χ0v) is 39.7. The van der Waals surface area contributed by atoms with E-state index in [1.165, 1.54) is 18.7 Å². The first kappa shape index (κ1) is 57.6. The Morgan fingerprint density at radius 1 is 0.853 bits per heavy atom. The summed E-state index contributed by atoms with van der Waals surface area (Å²) in [5, 5.41) is 39.5. The number of aliphatic carboxylic acids is 2. The van der Waals surface area contributed by atoms with Gasteiger partial charge in [0.2, 0.25) is 47.3 Å². The molecule has 1 aromatic carbocycles. The van der Waals surface area contributed by atoms with Gasteiger partial charge in [-0.1, -0.05) is 44.2 Å². The molecule has 1 fully saturated rings. The fourth-order valence-corrected chi connectivity index (χ4v) is 7.28. The van der Waals surface area contributed by atoms with Crippen LogP contribution in [0.25, 0.3) is 0 Å². The van der Waals surface area contributed by atoms with Crippen molar-refractivity contribution in [2.75, 3.05) is 25.1 Å². The second-order valence-electron chi connectivity index (χ2n) is 16.7. The number of hydrogen-bond acceptors (Lipinski definition) is 13. The fourth-order valence-electron chi connectivity index (χ4n) is 6.81. The number of amides is 8. The molecule has 1 heterocycles. The number of nitrogens with two attached hydrogens (primary N) is 3. The molecule has 0 aromatic heterocycles. The van der Waals surface area contributed by atoms with Crippen molar-refractivity contribution in [1.29, 1.82) is 0 Å². The van der Waals surface area contributed by atoms with Gasteiger partial charge in [-0.2, -0.15) is 11.8 Å². The molecule has 1 aliphatic rings. The van der Waals surface area contributed by atoms with Crippen LogP contribution in [-0.2, 0) is 54.4 Å². The van der Waals surface area contributed by atoms with Crippen LogP contribution in [0.15, 0.2) is 35.3 Å². The van der Waals surface area contributed by atoms with E-state index in [4.69, 9.17) is 17.2 Å². The van der Waals surface area contributed by atoms with Crippen molar-refractivity contribution in [2.24, 2.45) is 28.1 Å². The quantitative estimate of drug-likeness (QED) is 0.0353. The molecule has 8 atom stereocenters. The molecule has 16 N–H and O–H groups in total. The number of guanidine groups is 1. The predicted molar refractivity (Wildman–Crippen MR) is 251 cm³/mol. The van der Waals surface area contributed by atoms with Gasteiger partial charge in [-0.25, -0.2) is 4.79 Å². The van der Waals surface area contributed by atoms with Crippen LogP contribution in [0.5, 0.6) is 0 Å². The van der Waals surface area contributed by atoms with Crippen molar-refractivity contribution in [2.45, 2.75) is 133 Å². The minimum atomic E-state index is -1.86. The molecule has 8 amide bonds. The Morgan fingerprint density at radius 3 is 2.13 bits per heavy atom. The van der Waals surface area contributed by atoms with Crippen molar-refractivity contribution >= 4 is 76.9 Å². The largest absolute Gasteiger partial charge is 0.481 e. The molecule has 25 heteroatoms. The number of nitrogens with one attached hydrogen (secondary N) is 8. The van der Waals surface area contributed by atoms with E-state index < -0.39 is 120 Å². The summed E-state index contributed by atoms with van der Waals surface area (Å²) in [6.45, 7) is 5.05. The Labute approximate surface area is 399 Å². The van der Waals surface area contributed by atoms with Crippen LogP contribution in [-0.4, -0.2) is 149 Å². The van der Waals surface area contributed by atoms with Gasteiger partial charge >= 0.3 is 11.9 Å². The van der Waals surface area contributed by atoms with Crippen LogP contribution in [0.2, 0.25) is 0 Å². The number of benzene rings is 1. The molecule has 0 spiro atoms. The van der Waals surface area contributed by atoms with Crippen molar-refractivity contribution in [3.05, 3.63) is 35.9 Å². The third-order valence-electron chi connectivity index (χ3n) is 10.4. The summed E-state index contributed by atoms with van der Waals surface area (Å²) in [6.07, 6.45) is 0.801. The van der Waals surface area contributed by atoms with E-state index >= 15 is 0 Å². The SMILES string of the molecule is CSCC[C@@H]1NC(=O)[C@@H](NC(=O)[C@H](CCCN=C(N)N)NC(=O)[C@@H](N)CC(C)C)CCCCNC(=O)C[C@@H](C(=O)N[C@@H](Cc2ccccc2)C(=O)O)NC(=O)[C@H](CC(=O)O)NC(=O)[C@H](C)NC1=O. The summed E-state index contributed by atoms with van der Waals surface area (Å²) in [5.41, 5.74) is 17.6. The summed E-state index contributed by atoms with van der Waals surface area (Å²) < 4.78 is 0. The molecule has 1 aliphatic heterocycles. The first-order valence-corrected chi connectivity index (χ1v) is 23.7. The average molecular weight is 977 g/mol. The van der Waals surface area contributed by atoms with Crippen molar-refractivity contribution in [3.63, 3.8) is 0 Å². The number of thioether (sulfide) groups is 1. The maximum absolute atomic E-state index is 14.1. The number of carboxylic acid groups (broad SMARTS) is 2. The van der Waals surface area contributed by atoms with E-state index in [1.807, 2.05) is 13.8 Å². The van der Waals surface area contributed by atoms with E-state index in [9.17, 15) is 58.2 Å². The average Bonchev–Trinajstić information content (AvgIpc) is 3.26. The minimum absolute atomic E-state index is 0.0403. The maximum atomic E-state index is 14.1. The Balaban J connectivity index is 2.51. The van der Waals surface area contributed by atoms with E-state index in [2.05, 4.69) is 47.5 Å². The van der Waals surface area contributed by atoms with Gasteiger partial charge in [0, 0.05) is 19.5 Å². The van der Waals surface area contributed by atoms with Gasteiger partial charge < -0.3 is 69.9 Å².